The van der Waals surface area contributed by atoms with Crippen LogP contribution in [0.5, 0.6) is 5.75 Å². The summed E-state index contributed by atoms with van der Waals surface area (Å²) in [4.78, 5) is 79.5. The van der Waals surface area contributed by atoms with Gasteiger partial charge in [0.2, 0.25) is 11.8 Å². The maximum atomic E-state index is 15.6. The Morgan fingerprint density at radius 2 is 1.76 bits per heavy atom. The molecule has 0 radical (unpaired) electrons. The molecule has 4 rings (SSSR count). The van der Waals surface area contributed by atoms with Crippen molar-refractivity contribution in [3.05, 3.63) is 28.6 Å². The first-order chi connectivity index (χ1) is 17.6. The van der Waals surface area contributed by atoms with Gasteiger partial charge < -0.3 is 21.7 Å². The molecular weight excluding hydrogens is 503 g/mol. The summed E-state index contributed by atoms with van der Waals surface area (Å²) in [6.45, 7) is -0.296. The molecule has 1 aromatic rings. The number of phenolic OH excluding ortho intramolecular Hbond substituents is 1. The van der Waals surface area contributed by atoms with E-state index in [0.29, 0.717) is 0 Å². The van der Waals surface area contributed by atoms with Crippen molar-refractivity contribution in [3.63, 3.8) is 0 Å². The molecule has 38 heavy (non-hydrogen) atoms. The Morgan fingerprint density at radius 3 is 2.32 bits per heavy atom. The maximum Gasteiger partial charge on any atom is 0.235 e. The number of halogens is 1. The number of aromatic hydroxyl groups is 1. The van der Waals surface area contributed by atoms with Gasteiger partial charge in [0.05, 0.1) is 24.1 Å². The van der Waals surface area contributed by atoms with Gasteiger partial charge >= 0.3 is 0 Å². The number of Topliss-reactive ketones (excluding diaryl/α,β-unsaturated/α-hetero) is 4. The second-order valence-corrected chi connectivity index (χ2v) is 10.7. The molecule has 0 saturated heterocycles. The van der Waals surface area contributed by atoms with Gasteiger partial charge in [-0.25, -0.2) is 4.39 Å². The summed E-state index contributed by atoms with van der Waals surface area (Å²) in [6, 6.07) is -0.228. The number of carbonyl (C=O) groups is 6. The van der Waals surface area contributed by atoms with Gasteiger partial charge in [-0.2, -0.15) is 0 Å². The zero-order chi connectivity index (χ0) is 28.4. The minimum Gasteiger partial charge on any atom is -0.507 e. The number of aliphatic hydroxyl groups is 1. The Balaban J connectivity index is 1.80. The lowest BCUT2D eigenvalue weighted by atomic mass is 9.52. The summed E-state index contributed by atoms with van der Waals surface area (Å²) in [5.41, 5.74) is 7.03. The quantitative estimate of drug-likeness (QED) is 0.295. The molecule has 0 aliphatic heterocycles. The van der Waals surface area contributed by atoms with Crippen molar-refractivity contribution in [2.24, 2.45) is 35.1 Å². The molecule has 1 aromatic carbocycles. The normalized spacial score (nSPS) is 30.8. The van der Waals surface area contributed by atoms with Crippen molar-refractivity contribution < 1.29 is 43.4 Å². The number of hydrogen-bond donors (Lipinski definition) is 4. The number of nitrogens with two attached hydrogens (primary N) is 2. The van der Waals surface area contributed by atoms with Crippen molar-refractivity contribution in [3.8, 4) is 5.75 Å². The van der Waals surface area contributed by atoms with E-state index in [1.54, 1.807) is 0 Å². The number of benzene rings is 1. The zero-order valence-electron chi connectivity index (χ0n) is 21.1. The second-order valence-electron chi connectivity index (χ2n) is 10.7. The number of ketones is 4. The van der Waals surface area contributed by atoms with E-state index in [0.717, 1.165) is 6.07 Å². The van der Waals surface area contributed by atoms with E-state index >= 15 is 4.39 Å². The van der Waals surface area contributed by atoms with Gasteiger partial charge in [-0.05, 0) is 46.0 Å². The first-order valence-corrected chi connectivity index (χ1v) is 12.0. The predicted octanol–water partition coefficient (Wildman–Crippen LogP) is -2.08. The van der Waals surface area contributed by atoms with Gasteiger partial charge in [0.25, 0.3) is 0 Å². The fourth-order valence-corrected chi connectivity index (χ4v) is 6.44. The van der Waals surface area contributed by atoms with E-state index in [4.69, 9.17) is 11.5 Å². The monoisotopic (exact) mass is 532 g/mol. The number of amides is 2. The fourth-order valence-electron chi connectivity index (χ4n) is 6.44. The average Bonchev–Trinajstić information content (AvgIpc) is 2.78. The summed E-state index contributed by atoms with van der Waals surface area (Å²) in [7, 11) is 4.46. The predicted molar refractivity (Wildman–Crippen MR) is 127 cm³/mol. The van der Waals surface area contributed by atoms with Crippen molar-refractivity contribution in [1.29, 1.82) is 0 Å². The zero-order valence-corrected chi connectivity index (χ0v) is 21.1. The Kier molecular flexibility index (Phi) is 6.75. The van der Waals surface area contributed by atoms with Crippen molar-refractivity contribution >= 4 is 34.9 Å². The van der Waals surface area contributed by atoms with Crippen LogP contribution in [0.15, 0.2) is 6.07 Å². The van der Waals surface area contributed by atoms with Gasteiger partial charge in [-0.1, -0.05) is 0 Å². The Hall–Kier alpha value is -3.55. The Labute approximate surface area is 216 Å². The molecule has 0 aromatic heterocycles. The van der Waals surface area contributed by atoms with Crippen LogP contribution in [-0.4, -0.2) is 94.3 Å². The third kappa shape index (κ3) is 3.92. The van der Waals surface area contributed by atoms with E-state index in [9.17, 15) is 39.0 Å². The van der Waals surface area contributed by atoms with E-state index in [2.05, 4.69) is 0 Å². The van der Waals surface area contributed by atoms with Crippen LogP contribution >= 0.6 is 0 Å². The van der Waals surface area contributed by atoms with Crippen LogP contribution in [0.2, 0.25) is 0 Å². The molecule has 3 aliphatic rings. The highest BCUT2D eigenvalue weighted by atomic mass is 19.1. The van der Waals surface area contributed by atoms with Gasteiger partial charge in [0.1, 0.15) is 11.6 Å². The van der Waals surface area contributed by atoms with Crippen LogP contribution in [0.3, 0.4) is 0 Å². The Bertz CT molecular complexity index is 1300. The van der Waals surface area contributed by atoms with E-state index in [-0.39, 0.29) is 37.1 Å². The van der Waals surface area contributed by atoms with Crippen LogP contribution in [-0.2, 0) is 36.9 Å². The molecule has 13 heteroatoms. The minimum absolute atomic E-state index is 0.00613. The van der Waals surface area contributed by atoms with Crippen molar-refractivity contribution in [2.75, 3.05) is 27.7 Å². The number of primary amides is 2. The highest BCUT2D eigenvalue weighted by Gasteiger charge is 2.69. The highest BCUT2D eigenvalue weighted by molar-refractivity contribution is 6.32. The fraction of sp³-hybridized carbons (Fsp3) is 0.520. The number of phenols is 1. The van der Waals surface area contributed by atoms with Crippen LogP contribution in [0, 0.1) is 29.5 Å². The van der Waals surface area contributed by atoms with Crippen LogP contribution in [0.4, 0.5) is 4.39 Å². The third-order valence-electron chi connectivity index (χ3n) is 7.94. The molecule has 0 heterocycles. The molecular formula is C25H29FN4O8. The van der Waals surface area contributed by atoms with Gasteiger partial charge in [0, 0.05) is 23.6 Å². The lowest BCUT2D eigenvalue weighted by Gasteiger charge is -2.52. The van der Waals surface area contributed by atoms with E-state index < -0.39 is 87.4 Å². The lowest BCUT2D eigenvalue weighted by Crippen LogP contribution is -2.74. The second kappa shape index (κ2) is 9.33. The number of fused-ring (bicyclic) bond motifs is 3. The molecule has 2 fully saturated rings. The number of rotatable bonds is 6. The average molecular weight is 533 g/mol. The summed E-state index contributed by atoms with van der Waals surface area (Å²) >= 11 is 0. The highest BCUT2D eigenvalue weighted by Crippen LogP contribution is 2.51. The molecule has 2 amide bonds. The largest absolute Gasteiger partial charge is 0.507 e. The summed E-state index contributed by atoms with van der Waals surface area (Å²) < 4.78 is 15.6. The summed E-state index contributed by atoms with van der Waals surface area (Å²) in [5, 5.41) is 22.2. The lowest BCUT2D eigenvalue weighted by molar-refractivity contribution is -0.181. The minimum atomic E-state index is -2.84. The molecule has 3 aliphatic carbocycles. The van der Waals surface area contributed by atoms with Crippen LogP contribution in [0.25, 0.3) is 0 Å². The topological polar surface area (TPSA) is 201 Å². The molecule has 2 unspecified atom stereocenters. The molecule has 2 saturated carbocycles. The smallest absolute Gasteiger partial charge is 0.235 e. The van der Waals surface area contributed by atoms with E-state index in [1.165, 1.54) is 30.9 Å². The van der Waals surface area contributed by atoms with E-state index in [1.807, 2.05) is 0 Å². The van der Waals surface area contributed by atoms with Crippen LogP contribution < -0.4 is 11.5 Å². The SMILES string of the molecule is CN(CC(N)=O)Cc1cc(O)c2c(c1F)C[C@H]1C[C@H]3[C@H](N(C)C)C(=O)C(C(N)=O)C(=O)[C@@]3(O)C(=O)C1C2=O. The number of carbonyl (C=O) groups excluding carboxylic acids is 6. The maximum absolute atomic E-state index is 15.6. The molecule has 0 bridgehead atoms. The Morgan fingerprint density at radius 1 is 1.13 bits per heavy atom. The first-order valence-electron chi connectivity index (χ1n) is 12.0. The number of hydrogen-bond acceptors (Lipinski definition) is 10. The van der Waals surface area contributed by atoms with Crippen molar-refractivity contribution in [2.45, 2.75) is 31.0 Å². The molecule has 0 spiro atoms. The van der Waals surface area contributed by atoms with Crippen LogP contribution in [0.1, 0.15) is 27.9 Å². The first kappa shape index (κ1) is 27.5. The summed E-state index contributed by atoms with van der Waals surface area (Å²) in [5.74, 6) is -13.6. The third-order valence-corrected chi connectivity index (χ3v) is 7.94. The number of likely N-dealkylation sites (N-methyl/N-ethyl adjacent to an activating group) is 2. The molecule has 12 nitrogen and oxygen atoms in total. The number of nitrogens with zero attached hydrogens (tertiary/aromatic N) is 2. The molecule has 6 atom stereocenters. The van der Waals surface area contributed by atoms with Gasteiger partial charge in [0.15, 0.2) is 34.7 Å². The molecule has 204 valence electrons. The van der Waals surface area contributed by atoms with Crippen molar-refractivity contribution in [1.82, 2.24) is 9.80 Å². The van der Waals surface area contributed by atoms with Gasteiger partial charge in [-0.15, -0.1) is 0 Å². The molecule has 6 N–H and O–H groups in total. The standard InChI is InChI=1S/C25H29FN4O8/c1-29(2)19-12-5-9-4-11-16(13(31)6-10(18(11)26)7-30(3)8-14(27)32)20(33)15(9)22(35)25(12,38)23(36)17(21(19)34)24(28)37/h6,9,12,15,17,19,31,38H,4-5,7-8H2,1-3H3,(H2,27,32)(H2,28,37)/t9-,12-,15?,17?,19-,25-/m0/s1. The summed E-state index contributed by atoms with van der Waals surface area (Å²) in [6.07, 6.45) is -0.380. The van der Waals surface area contributed by atoms with Gasteiger partial charge in [-0.3, -0.25) is 38.6 Å².